The molecule has 3 fully saturated rings. The maximum absolute atomic E-state index is 11.4. The van der Waals surface area contributed by atoms with Gasteiger partial charge in [0.1, 0.15) is 6.29 Å². The minimum atomic E-state index is -1.83. The Kier molecular flexibility index (Phi) is 35.5. The Hall–Kier alpha value is -3.26. The third-order valence-electron chi connectivity index (χ3n) is 13.8. The number of aliphatic hydroxyl groups is 1. The monoisotopic (exact) mass is 1190 g/mol. The number of rotatable bonds is 8. The second-order valence-electron chi connectivity index (χ2n) is 22.2. The predicted octanol–water partition coefficient (Wildman–Crippen LogP) is 16.4. The van der Waals surface area contributed by atoms with Gasteiger partial charge < -0.3 is 25.1 Å². The van der Waals surface area contributed by atoms with Gasteiger partial charge in [-0.2, -0.15) is 0 Å². The Labute approximate surface area is 494 Å². The summed E-state index contributed by atoms with van der Waals surface area (Å²) in [6.07, 6.45) is 19.5. The molecule has 6 rings (SSSR count). The van der Waals surface area contributed by atoms with Crippen molar-refractivity contribution in [3.8, 4) is 0 Å². The number of aldehydes is 1. The molecule has 0 spiro atoms. The van der Waals surface area contributed by atoms with Crippen molar-refractivity contribution in [1.29, 1.82) is 0 Å². The van der Waals surface area contributed by atoms with Gasteiger partial charge in [-0.3, -0.25) is 14.8 Å². The largest absolute Gasteiger partial charge is 0.465 e. The van der Waals surface area contributed by atoms with Crippen LogP contribution in [-0.2, 0) is 14.2 Å². The third kappa shape index (κ3) is 33.2. The highest BCUT2D eigenvalue weighted by Gasteiger charge is 2.31. The van der Waals surface area contributed by atoms with Gasteiger partial charge in [0.05, 0.1) is 40.8 Å². The van der Waals surface area contributed by atoms with Crippen molar-refractivity contribution in [2.24, 2.45) is 49.7 Å². The molecule has 434 valence electrons. The number of nitrogens with two attached hydrogens (primary N) is 1. The van der Waals surface area contributed by atoms with Crippen LogP contribution in [0.3, 0.4) is 0 Å². The first kappa shape index (κ1) is 69.8. The zero-order valence-electron chi connectivity index (χ0n) is 49.7. The van der Waals surface area contributed by atoms with E-state index in [1.807, 2.05) is 36.7 Å². The van der Waals surface area contributed by atoms with E-state index in [1.165, 1.54) is 98.4 Å². The number of aliphatic imine (C=N–C) groups is 2. The molecule has 0 amide bonds. The first-order chi connectivity index (χ1) is 36.6. The number of esters is 3. The lowest BCUT2D eigenvalue weighted by atomic mass is 9.71. The Morgan fingerprint density at radius 3 is 0.922 bits per heavy atom. The molecule has 17 heteroatoms. The van der Waals surface area contributed by atoms with Crippen molar-refractivity contribution in [2.45, 2.75) is 166 Å². The second-order valence-corrected chi connectivity index (χ2v) is 25.6. The molecule has 0 bridgehead atoms. The van der Waals surface area contributed by atoms with Gasteiger partial charge in [0.2, 0.25) is 0 Å². The van der Waals surface area contributed by atoms with Crippen LogP contribution in [-0.4, -0.2) is 96.8 Å². The summed E-state index contributed by atoms with van der Waals surface area (Å²) >= 11 is 28.4. The number of hydrogen-bond donors (Lipinski definition) is 2. The molecular formula is C60H89Cl6N3O8. The molecule has 3 aromatic carbocycles. The average molecular weight is 1200 g/mol. The van der Waals surface area contributed by atoms with Crippen molar-refractivity contribution in [3.63, 3.8) is 0 Å². The van der Waals surface area contributed by atoms with Crippen LogP contribution in [0.25, 0.3) is 0 Å². The van der Waals surface area contributed by atoms with E-state index in [0.717, 1.165) is 42.3 Å². The van der Waals surface area contributed by atoms with Crippen LogP contribution in [0.2, 0.25) is 0 Å². The normalized spacial score (nSPS) is 20.9. The van der Waals surface area contributed by atoms with E-state index in [4.69, 9.17) is 103 Å². The van der Waals surface area contributed by atoms with Crippen molar-refractivity contribution in [3.05, 3.63) is 106 Å². The first-order valence-electron chi connectivity index (χ1n) is 27.0. The van der Waals surface area contributed by atoms with E-state index in [9.17, 15) is 19.2 Å². The van der Waals surface area contributed by atoms with E-state index < -0.39 is 14.5 Å². The molecule has 3 aromatic rings. The quantitative estimate of drug-likeness (QED) is 0.0733. The average Bonchev–Trinajstić information content (AvgIpc) is 3.39. The Morgan fingerprint density at radius 1 is 0.494 bits per heavy atom. The molecule has 3 aliphatic rings. The van der Waals surface area contributed by atoms with Crippen molar-refractivity contribution in [2.75, 3.05) is 28.4 Å². The molecule has 0 saturated heterocycles. The minimum Gasteiger partial charge on any atom is -0.465 e. The number of aliphatic hydroxyl groups excluding tert-OH is 1. The number of methoxy groups -OCH3 is 3. The highest BCUT2D eigenvalue weighted by molar-refractivity contribution is 6.63. The van der Waals surface area contributed by atoms with Crippen LogP contribution in [0.5, 0.6) is 0 Å². The smallest absolute Gasteiger partial charge is 0.337 e. The maximum atomic E-state index is 11.4. The third-order valence-corrected chi connectivity index (χ3v) is 13.8. The summed E-state index contributed by atoms with van der Waals surface area (Å²) in [6.45, 7) is 21.0. The minimum absolute atomic E-state index is 0.302. The van der Waals surface area contributed by atoms with Gasteiger partial charge in [-0.15, -0.1) is 0 Å². The Bertz CT molecular complexity index is 2110. The van der Waals surface area contributed by atoms with Crippen LogP contribution in [0.4, 0.5) is 0 Å². The van der Waals surface area contributed by atoms with Crippen LogP contribution < -0.4 is 5.73 Å². The number of benzene rings is 3. The number of carbonyl (C=O) groups excluding carboxylic acids is 4. The van der Waals surface area contributed by atoms with E-state index in [0.29, 0.717) is 56.6 Å². The second kappa shape index (κ2) is 39.2. The predicted molar refractivity (Wildman–Crippen MR) is 325 cm³/mol. The molecule has 3 saturated carbocycles. The van der Waals surface area contributed by atoms with Gasteiger partial charge in [-0.05, 0) is 159 Å². The maximum Gasteiger partial charge on any atom is 0.337 e. The summed E-state index contributed by atoms with van der Waals surface area (Å²) in [6, 6.07) is 22.4. The topological polar surface area (TPSA) is 167 Å². The standard InChI is InChI=1S/2C19H27NO2.C10H21N.C9H8O3.2CHCl3.CH4O/c2*1-19(2,3)16-9-11-17(12-10-16)20-13-14-5-7-15(8-6-14)18(21)22-4;1-10(2,3)8-4-6-9(11)7-5-8;1-12-9(11)8-4-2-7(6-10)3-5-8;2*2-1(3)4;1-2/h2*5-8,13,16-17H,9-12H2,1-4H3;8-9H,4-7,11H2,1-3H3;2-6H,1H3;2*1H;2H,1H3/i;;;;2*1D;. The van der Waals surface area contributed by atoms with Crippen LogP contribution in [0.15, 0.2) is 82.8 Å². The number of ether oxygens (including phenoxy) is 3. The van der Waals surface area contributed by atoms with Gasteiger partial charge in [-0.25, -0.2) is 14.4 Å². The van der Waals surface area contributed by atoms with Crippen molar-refractivity contribution in [1.82, 2.24) is 0 Å². The lowest BCUT2D eigenvalue weighted by Gasteiger charge is -2.35. The number of carbonyl (C=O) groups is 4. The summed E-state index contributed by atoms with van der Waals surface area (Å²) in [4.78, 5) is 53.4. The number of hydrogen-bond acceptors (Lipinski definition) is 11. The van der Waals surface area contributed by atoms with E-state index >= 15 is 0 Å². The van der Waals surface area contributed by atoms with Crippen LogP contribution in [0, 0.1) is 34.0 Å². The Morgan fingerprint density at radius 2 is 0.714 bits per heavy atom. The van der Waals surface area contributed by atoms with Crippen molar-refractivity contribution < 1.29 is 41.2 Å². The first-order valence-corrected chi connectivity index (χ1v) is 28.2. The van der Waals surface area contributed by atoms with Gasteiger partial charge in [0.25, 0.3) is 0 Å². The highest BCUT2D eigenvalue weighted by atomic mass is 35.6. The van der Waals surface area contributed by atoms with Gasteiger partial charge >= 0.3 is 17.9 Å². The van der Waals surface area contributed by atoms with E-state index in [-0.39, 0.29) is 11.9 Å². The summed E-state index contributed by atoms with van der Waals surface area (Å²) in [5, 5.41) is 7.00. The molecule has 0 aromatic heterocycles. The number of nitrogens with zero attached hydrogens (tertiary/aromatic N) is 2. The zero-order valence-corrected chi connectivity index (χ0v) is 52.2. The SMILES string of the molecule is CC(C)(C)C1CCC(N)CC1.CO.COC(=O)c1ccc(C=NC2CCC(C(C)(C)C)CC2)cc1.COC(=O)c1ccc(C=NC2CCC(C(C)(C)C)CC2)cc1.COC(=O)c1ccc(C=O)cc1.[2H]C(Cl)(Cl)Cl.[2H]C(Cl)(Cl)Cl. The van der Waals surface area contributed by atoms with Crippen molar-refractivity contribution >= 4 is 106 Å². The van der Waals surface area contributed by atoms with Gasteiger partial charge in [0, 0.05) is 43.2 Å². The van der Waals surface area contributed by atoms with Crippen LogP contribution >= 0.6 is 69.6 Å². The fourth-order valence-corrected chi connectivity index (χ4v) is 9.01. The highest BCUT2D eigenvalue weighted by Crippen LogP contribution is 2.40. The van der Waals surface area contributed by atoms with E-state index in [2.05, 4.69) is 67.1 Å². The molecule has 3 aliphatic carbocycles. The van der Waals surface area contributed by atoms with Crippen LogP contribution in [0.1, 0.15) is 195 Å². The molecule has 0 heterocycles. The molecule has 11 nitrogen and oxygen atoms in total. The summed E-state index contributed by atoms with van der Waals surface area (Å²) < 4.78 is 22.7. The summed E-state index contributed by atoms with van der Waals surface area (Å²) in [5.41, 5.74) is 11.4. The summed E-state index contributed by atoms with van der Waals surface area (Å²) in [5.74, 6) is 1.54. The number of halogens is 6. The molecule has 77 heavy (non-hydrogen) atoms. The van der Waals surface area contributed by atoms with E-state index in [1.54, 1.807) is 48.5 Å². The lowest BCUT2D eigenvalue weighted by Crippen LogP contribution is -2.31. The van der Waals surface area contributed by atoms with Gasteiger partial charge in [-0.1, -0.05) is 168 Å². The fraction of sp³-hybridized carbons (Fsp3) is 0.600. The molecule has 3 N–H and O–H groups in total. The Balaban J connectivity index is 0.000000990. The molecule has 0 aliphatic heterocycles. The molecule has 0 atom stereocenters. The summed E-state index contributed by atoms with van der Waals surface area (Å²) in [7, 11) is 5.10. The molecule has 0 unspecified atom stereocenters. The fourth-order valence-electron chi connectivity index (χ4n) is 9.01. The molecular weight excluding hydrogens is 1100 g/mol. The zero-order chi connectivity index (χ0) is 60.8. The number of alkyl halides is 6. The molecule has 0 radical (unpaired) electrons. The lowest BCUT2D eigenvalue weighted by molar-refractivity contribution is 0.0592. The van der Waals surface area contributed by atoms with Gasteiger partial charge in [0.15, 0.2) is 8.54 Å².